The summed E-state index contributed by atoms with van der Waals surface area (Å²) in [6.45, 7) is 9.20. The van der Waals surface area contributed by atoms with Crippen molar-refractivity contribution in [2.75, 3.05) is 26.2 Å². The lowest BCUT2D eigenvalue weighted by atomic mass is 9.95. The lowest BCUT2D eigenvalue weighted by Gasteiger charge is -2.43. The molecule has 0 spiro atoms. The van der Waals surface area contributed by atoms with Gasteiger partial charge in [0.05, 0.1) is 26.2 Å². The van der Waals surface area contributed by atoms with Crippen LogP contribution in [0.1, 0.15) is 124 Å². The SMILES string of the molecule is CCCCC/C=C/CCCCCCCCC[N+](CC(CC)C(=O)O)(CC(CC)C(=O)O)CC(CC)C(=O)O. The van der Waals surface area contributed by atoms with Gasteiger partial charge in [-0.3, -0.25) is 14.4 Å². The Kier molecular flexibility index (Phi) is 20.9. The molecule has 0 saturated carbocycles. The van der Waals surface area contributed by atoms with Crippen LogP contribution in [0.2, 0.25) is 0 Å². The van der Waals surface area contributed by atoms with E-state index in [0.29, 0.717) is 25.8 Å². The molecular weight excluding hydrogens is 482 g/mol. The van der Waals surface area contributed by atoms with Gasteiger partial charge in [0.25, 0.3) is 0 Å². The first-order valence-corrected chi connectivity index (χ1v) is 15.3. The van der Waals surface area contributed by atoms with Crippen molar-refractivity contribution in [2.24, 2.45) is 17.8 Å². The smallest absolute Gasteiger partial charge is 0.312 e. The van der Waals surface area contributed by atoms with Gasteiger partial charge in [-0.2, -0.15) is 0 Å². The molecule has 0 bridgehead atoms. The van der Waals surface area contributed by atoms with Crippen LogP contribution in [0.15, 0.2) is 12.2 Å². The summed E-state index contributed by atoms with van der Waals surface area (Å²) < 4.78 is 0.255. The summed E-state index contributed by atoms with van der Waals surface area (Å²) in [5.74, 6) is -4.53. The summed E-state index contributed by atoms with van der Waals surface area (Å²) in [6.07, 6.45) is 19.9. The average molecular weight is 541 g/mol. The van der Waals surface area contributed by atoms with E-state index in [-0.39, 0.29) is 24.1 Å². The molecule has 0 rings (SSSR count). The van der Waals surface area contributed by atoms with Crippen LogP contribution in [0.25, 0.3) is 0 Å². The van der Waals surface area contributed by atoms with E-state index < -0.39 is 35.7 Å². The number of rotatable bonds is 26. The Morgan fingerprint density at radius 2 is 0.895 bits per heavy atom. The number of hydrogen-bond acceptors (Lipinski definition) is 3. The minimum atomic E-state index is -0.891. The molecule has 0 heterocycles. The van der Waals surface area contributed by atoms with Crippen molar-refractivity contribution in [3.8, 4) is 0 Å². The van der Waals surface area contributed by atoms with E-state index in [2.05, 4.69) is 19.1 Å². The number of quaternary nitrogens is 1. The van der Waals surface area contributed by atoms with Crippen molar-refractivity contribution in [1.29, 1.82) is 0 Å². The summed E-state index contributed by atoms with van der Waals surface area (Å²) in [6, 6.07) is 0. The quantitative estimate of drug-likeness (QED) is 0.0599. The van der Waals surface area contributed by atoms with E-state index in [1.54, 1.807) is 0 Å². The van der Waals surface area contributed by atoms with Crippen molar-refractivity contribution >= 4 is 17.9 Å². The zero-order chi connectivity index (χ0) is 28.8. The number of carboxylic acids is 3. The Balaban J connectivity index is 5.06. The fourth-order valence-electron chi connectivity index (χ4n) is 5.39. The Morgan fingerprint density at radius 1 is 0.553 bits per heavy atom. The molecule has 3 unspecified atom stereocenters. The molecule has 38 heavy (non-hydrogen) atoms. The molecule has 0 aliphatic heterocycles. The van der Waals surface area contributed by atoms with Gasteiger partial charge < -0.3 is 19.8 Å². The van der Waals surface area contributed by atoms with Gasteiger partial charge in [-0.1, -0.05) is 78.4 Å². The molecule has 3 N–H and O–H groups in total. The molecule has 3 atom stereocenters. The van der Waals surface area contributed by atoms with E-state index in [0.717, 1.165) is 32.1 Å². The van der Waals surface area contributed by atoms with Gasteiger partial charge in [-0.15, -0.1) is 0 Å². The Bertz CT molecular complexity index is 617. The van der Waals surface area contributed by atoms with Crippen LogP contribution in [0.5, 0.6) is 0 Å². The number of unbranched alkanes of at least 4 members (excludes halogenated alkanes) is 10. The zero-order valence-corrected chi connectivity index (χ0v) is 24.8. The van der Waals surface area contributed by atoms with Crippen molar-refractivity contribution in [3.63, 3.8) is 0 Å². The fourth-order valence-corrected chi connectivity index (χ4v) is 5.39. The molecule has 0 aromatic rings. The standard InChI is InChI=1S/C31H57NO6/c1-5-9-10-11-12-13-14-15-16-17-18-19-20-21-22-32(23-26(6-2)29(33)34,24-27(7-3)30(35)36)25-28(8-4)31(37)38/h12-13,26-28H,5-11,14-25H2,1-4H3,(H2-,33,34,35,36,37,38)/p+1/b13-12+. The maximum absolute atomic E-state index is 11.9. The molecule has 0 amide bonds. The first-order chi connectivity index (χ1) is 18.2. The van der Waals surface area contributed by atoms with E-state index in [1.165, 1.54) is 44.9 Å². The van der Waals surface area contributed by atoms with Crippen LogP contribution < -0.4 is 0 Å². The molecular formula is C31H58NO6+. The number of nitrogens with zero attached hydrogens (tertiary/aromatic N) is 1. The molecule has 0 aliphatic rings. The summed E-state index contributed by atoms with van der Waals surface area (Å²) in [5, 5.41) is 29.4. The molecule has 0 aromatic carbocycles. The predicted molar refractivity (Wildman–Crippen MR) is 154 cm³/mol. The second-order valence-corrected chi connectivity index (χ2v) is 11.2. The molecule has 0 aromatic heterocycles. The molecule has 7 nitrogen and oxygen atoms in total. The first-order valence-electron chi connectivity index (χ1n) is 15.3. The van der Waals surface area contributed by atoms with Gasteiger partial charge >= 0.3 is 17.9 Å². The Labute approximate surface area is 232 Å². The van der Waals surface area contributed by atoms with Crippen LogP contribution in [0, 0.1) is 17.8 Å². The van der Waals surface area contributed by atoms with E-state index in [9.17, 15) is 29.7 Å². The summed E-state index contributed by atoms with van der Waals surface area (Å²) in [4.78, 5) is 35.8. The van der Waals surface area contributed by atoms with Crippen LogP contribution in [0.4, 0.5) is 0 Å². The number of carbonyl (C=O) groups is 3. The topological polar surface area (TPSA) is 112 Å². The average Bonchev–Trinajstić information content (AvgIpc) is 2.88. The third kappa shape index (κ3) is 16.2. The van der Waals surface area contributed by atoms with Crippen molar-refractivity contribution in [3.05, 3.63) is 12.2 Å². The second-order valence-electron chi connectivity index (χ2n) is 11.2. The van der Waals surface area contributed by atoms with Crippen LogP contribution in [-0.2, 0) is 14.4 Å². The lowest BCUT2D eigenvalue weighted by Crippen LogP contribution is -2.58. The van der Waals surface area contributed by atoms with Crippen LogP contribution in [0.3, 0.4) is 0 Å². The van der Waals surface area contributed by atoms with Gasteiger partial charge in [-0.05, 0) is 57.8 Å². The molecule has 0 saturated heterocycles. The monoisotopic (exact) mass is 540 g/mol. The fraction of sp³-hybridized carbons (Fsp3) is 0.839. The van der Waals surface area contributed by atoms with E-state index in [1.807, 2.05) is 20.8 Å². The lowest BCUT2D eigenvalue weighted by molar-refractivity contribution is -0.935. The molecule has 0 radical (unpaired) electrons. The van der Waals surface area contributed by atoms with Crippen molar-refractivity contribution in [1.82, 2.24) is 0 Å². The van der Waals surface area contributed by atoms with Gasteiger partial charge in [0.15, 0.2) is 0 Å². The third-order valence-electron chi connectivity index (χ3n) is 7.99. The molecule has 0 aliphatic carbocycles. The highest BCUT2D eigenvalue weighted by molar-refractivity contribution is 5.71. The van der Waals surface area contributed by atoms with Crippen molar-refractivity contribution in [2.45, 2.75) is 124 Å². The van der Waals surface area contributed by atoms with Gasteiger partial charge in [0.1, 0.15) is 17.8 Å². The number of allylic oxidation sites excluding steroid dienone is 2. The third-order valence-corrected chi connectivity index (χ3v) is 7.99. The zero-order valence-electron chi connectivity index (χ0n) is 24.8. The van der Waals surface area contributed by atoms with Gasteiger partial charge in [0.2, 0.25) is 0 Å². The summed E-state index contributed by atoms with van der Waals surface area (Å²) in [7, 11) is 0. The van der Waals surface area contributed by atoms with Crippen LogP contribution in [-0.4, -0.2) is 63.9 Å². The molecule has 7 heteroatoms. The highest BCUT2D eigenvalue weighted by atomic mass is 16.4. The van der Waals surface area contributed by atoms with Crippen LogP contribution >= 0.6 is 0 Å². The first kappa shape index (κ1) is 36.1. The Morgan fingerprint density at radius 3 is 1.24 bits per heavy atom. The minimum Gasteiger partial charge on any atom is -0.481 e. The maximum Gasteiger partial charge on any atom is 0.312 e. The van der Waals surface area contributed by atoms with Gasteiger partial charge in [0, 0.05) is 0 Å². The summed E-state index contributed by atoms with van der Waals surface area (Å²) >= 11 is 0. The normalized spacial score (nSPS) is 15.7. The number of hydrogen-bond donors (Lipinski definition) is 3. The van der Waals surface area contributed by atoms with E-state index in [4.69, 9.17) is 0 Å². The Hall–Kier alpha value is -1.89. The molecule has 0 fully saturated rings. The van der Waals surface area contributed by atoms with E-state index >= 15 is 0 Å². The number of carboxylic acid groups (broad SMARTS) is 3. The number of aliphatic carboxylic acids is 3. The van der Waals surface area contributed by atoms with Crippen molar-refractivity contribution < 1.29 is 34.2 Å². The van der Waals surface area contributed by atoms with Gasteiger partial charge in [-0.25, -0.2) is 0 Å². The largest absolute Gasteiger partial charge is 0.481 e. The molecule has 222 valence electrons. The predicted octanol–water partition coefficient (Wildman–Crippen LogP) is 7.39. The minimum absolute atomic E-state index is 0.255. The highest BCUT2D eigenvalue weighted by Crippen LogP contribution is 2.25. The highest BCUT2D eigenvalue weighted by Gasteiger charge is 2.40. The maximum atomic E-state index is 11.9. The second kappa shape index (κ2) is 22.0. The summed E-state index contributed by atoms with van der Waals surface area (Å²) in [5.41, 5.74) is 0.